The fourth-order valence-corrected chi connectivity index (χ4v) is 4.13. The molecule has 2 saturated heterocycles. The van der Waals surface area contributed by atoms with Gasteiger partial charge in [0.15, 0.2) is 5.96 Å². The molecular weight excluding hydrogens is 324 g/mol. The lowest BCUT2D eigenvalue weighted by atomic mass is 10.0. The molecule has 3 rings (SSSR count). The Morgan fingerprint density at radius 1 is 1.12 bits per heavy atom. The number of guanidine groups is 1. The third-order valence-electron chi connectivity index (χ3n) is 5.65. The quantitative estimate of drug-likeness (QED) is 0.649. The van der Waals surface area contributed by atoms with Crippen LogP contribution >= 0.6 is 0 Å². The molecule has 0 aliphatic carbocycles. The second-order valence-corrected chi connectivity index (χ2v) is 7.32. The summed E-state index contributed by atoms with van der Waals surface area (Å²) >= 11 is 0. The van der Waals surface area contributed by atoms with Gasteiger partial charge in [-0.05, 0) is 38.1 Å². The summed E-state index contributed by atoms with van der Waals surface area (Å²) in [7, 11) is 1.90. The van der Waals surface area contributed by atoms with E-state index in [1.165, 1.54) is 25.8 Å². The Morgan fingerprint density at radius 2 is 1.88 bits per heavy atom. The maximum absolute atomic E-state index is 6.11. The predicted molar refractivity (Wildman–Crippen MR) is 108 cm³/mol. The molecule has 0 bridgehead atoms. The van der Waals surface area contributed by atoms with Crippen molar-refractivity contribution in [2.24, 2.45) is 4.99 Å². The predicted octanol–water partition coefficient (Wildman–Crippen LogP) is 2.98. The number of hydrogen-bond donors (Lipinski definition) is 1. The molecule has 2 aliphatic heterocycles. The second kappa shape index (κ2) is 9.81. The van der Waals surface area contributed by atoms with E-state index in [1.807, 2.05) is 37.4 Å². The number of hydrogen-bond acceptors (Lipinski definition) is 3. The van der Waals surface area contributed by atoms with Crippen molar-refractivity contribution in [2.75, 3.05) is 39.8 Å². The summed E-state index contributed by atoms with van der Waals surface area (Å²) in [6, 6.07) is 10.8. The fraction of sp³-hybridized carbons (Fsp3) is 0.667. The van der Waals surface area contributed by atoms with Gasteiger partial charge in [-0.25, -0.2) is 0 Å². The van der Waals surface area contributed by atoms with Crippen LogP contribution in [0.4, 0.5) is 0 Å². The SMILES string of the molecule is CCN1CCCCC1CNC(=NC)N1CCC(Oc2ccccc2)CC1. The summed E-state index contributed by atoms with van der Waals surface area (Å²) in [5.41, 5.74) is 0. The Labute approximate surface area is 158 Å². The molecular formula is C21H34N4O. The van der Waals surface area contributed by atoms with E-state index in [0.29, 0.717) is 12.1 Å². The first-order chi connectivity index (χ1) is 12.8. The van der Waals surface area contributed by atoms with Gasteiger partial charge in [-0.3, -0.25) is 9.89 Å². The van der Waals surface area contributed by atoms with Gasteiger partial charge in [0.1, 0.15) is 11.9 Å². The molecule has 2 fully saturated rings. The maximum Gasteiger partial charge on any atom is 0.193 e. The summed E-state index contributed by atoms with van der Waals surface area (Å²) in [6.07, 6.45) is 6.38. The van der Waals surface area contributed by atoms with Crippen LogP contribution in [0.1, 0.15) is 39.0 Å². The highest BCUT2D eigenvalue weighted by Crippen LogP contribution is 2.19. The lowest BCUT2D eigenvalue weighted by Gasteiger charge is -2.37. The van der Waals surface area contributed by atoms with E-state index in [1.54, 1.807) is 0 Å². The van der Waals surface area contributed by atoms with Crippen molar-refractivity contribution < 1.29 is 4.74 Å². The van der Waals surface area contributed by atoms with Gasteiger partial charge in [0.05, 0.1) is 0 Å². The molecule has 1 unspecified atom stereocenters. The minimum Gasteiger partial charge on any atom is -0.490 e. The normalized spacial score (nSPS) is 23.1. The summed E-state index contributed by atoms with van der Waals surface area (Å²) < 4.78 is 6.11. The van der Waals surface area contributed by atoms with Crippen LogP contribution in [-0.4, -0.2) is 67.7 Å². The summed E-state index contributed by atoms with van der Waals surface area (Å²) in [6.45, 7) is 7.65. The van der Waals surface area contributed by atoms with Gasteiger partial charge in [-0.15, -0.1) is 0 Å². The highest BCUT2D eigenvalue weighted by atomic mass is 16.5. The monoisotopic (exact) mass is 358 g/mol. The number of rotatable bonds is 5. The molecule has 0 saturated carbocycles. The Kier molecular flexibility index (Phi) is 7.18. The van der Waals surface area contributed by atoms with Crippen LogP contribution in [-0.2, 0) is 0 Å². The molecule has 0 amide bonds. The first-order valence-corrected chi connectivity index (χ1v) is 10.2. The molecule has 1 aromatic carbocycles. The van der Waals surface area contributed by atoms with Crippen molar-refractivity contribution in [2.45, 2.75) is 51.2 Å². The average molecular weight is 359 g/mol. The molecule has 0 radical (unpaired) electrons. The molecule has 1 N–H and O–H groups in total. The molecule has 2 aliphatic rings. The molecule has 26 heavy (non-hydrogen) atoms. The zero-order valence-electron chi connectivity index (χ0n) is 16.4. The second-order valence-electron chi connectivity index (χ2n) is 7.32. The number of para-hydroxylation sites is 1. The zero-order chi connectivity index (χ0) is 18.2. The number of piperidine rings is 2. The largest absolute Gasteiger partial charge is 0.490 e. The molecule has 5 heteroatoms. The van der Waals surface area contributed by atoms with E-state index < -0.39 is 0 Å². The van der Waals surface area contributed by atoms with E-state index in [-0.39, 0.29) is 0 Å². The minimum absolute atomic E-state index is 0.306. The van der Waals surface area contributed by atoms with Crippen molar-refractivity contribution in [1.82, 2.24) is 15.1 Å². The summed E-state index contributed by atoms with van der Waals surface area (Å²) in [4.78, 5) is 9.51. The third kappa shape index (κ3) is 5.13. The van der Waals surface area contributed by atoms with Gasteiger partial charge < -0.3 is 15.0 Å². The molecule has 5 nitrogen and oxygen atoms in total. The number of benzene rings is 1. The first kappa shape index (κ1) is 19.0. The fourth-order valence-electron chi connectivity index (χ4n) is 4.13. The van der Waals surface area contributed by atoms with Gasteiger partial charge in [-0.1, -0.05) is 31.5 Å². The van der Waals surface area contributed by atoms with Gasteiger partial charge in [0.2, 0.25) is 0 Å². The Balaban J connectivity index is 1.44. The average Bonchev–Trinajstić information content (AvgIpc) is 2.70. The van der Waals surface area contributed by atoms with Crippen molar-refractivity contribution in [1.29, 1.82) is 0 Å². The number of likely N-dealkylation sites (tertiary alicyclic amines) is 2. The topological polar surface area (TPSA) is 40.1 Å². The zero-order valence-corrected chi connectivity index (χ0v) is 16.4. The Bertz CT molecular complexity index is 554. The van der Waals surface area contributed by atoms with Gasteiger partial charge >= 0.3 is 0 Å². The highest BCUT2D eigenvalue weighted by Gasteiger charge is 2.25. The van der Waals surface area contributed by atoms with Gasteiger partial charge in [-0.2, -0.15) is 0 Å². The van der Waals surface area contributed by atoms with Crippen LogP contribution in [0, 0.1) is 0 Å². The highest BCUT2D eigenvalue weighted by molar-refractivity contribution is 5.80. The first-order valence-electron chi connectivity index (χ1n) is 10.2. The third-order valence-corrected chi connectivity index (χ3v) is 5.65. The van der Waals surface area contributed by atoms with Crippen molar-refractivity contribution >= 4 is 5.96 Å². The van der Waals surface area contributed by atoms with E-state index in [4.69, 9.17) is 4.74 Å². The van der Waals surface area contributed by atoms with Crippen LogP contribution in [0.15, 0.2) is 35.3 Å². The van der Waals surface area contributed by atoms with Crippen molar-refractivity contribution in [3.05, 3.63) is 30.3 Å². The number of nitrogens with zero attached hydrogens (tertiary/aromatic N) is 3. The molecule has 2 heterocycles. The number of likely N-dealkylation sites (N-methyl/N-ethyl adjacent to an activating group) is 1. The number of ether oxygens (including phenoxy) is 1. The van der Waals surface area contributed by atoms with Crippen LogP contribution in [0.5, 0.6) is 5.75 Å². The Morgan fingerprint density at radius 3 is 2.58 bits per heavy atom. The van der Waals surface area contributed by atoms with Crippen molar-refractivity contribution in [3.8, 4) is 5.75 Å². The Hall–Kier alpha value is -1.75. The van der Waals surface area contributed by atoms with Crippen LogP contribution in [0.25, 0.3) is 0 Å². The smallest absolute Gasteiger partial charge is 0.193 e. The van der Waals surface area contributed by atoms with Gasteiger partial charge in [0, 0.05) is 45.6 Å². The van der Waals surface area contributed by atoms with Crippen LogP contribution in [0.3, 0.4) is 0 Å². The molecule has 144 valence electrons. The summed E-state index contributed by atoms with van der Waals surface area (Å²) in [5.74, 6) is 2.02. The maximum atomic E-state index is 6.11. The lowest BCUT2D eigenvalue weighted by Crippen LogP contribution is -2.52. The van der Waals surface area contributed by atoms with E-state index >= 15 is 0 Å². The van der Waals surface area contributed by atoms with E-state index in [9.17, 15) is 0 Å². The van der Waals surface area contributed by atoms with Gasteiger partial charge in [0.25, 0.3) is 0 Å². The van der Waals surface area contributed by atoms with E-state index in [2.05, 4.69) is 27.0 Å². The molecule has 1 atom stereocenters. The number of aliphatic imine (C=N–C) groups is 1. The molecule has 1 aromatic rings. The minimum atomic E-state index is 0.306. The van der Waals surface area contributed by atoms with Crippen LogP contribution in [0.2, 0.25) is 0 Å². The van der Waals surface area contributed by atoms with Crippen molar-refractivity contribution in [3.63, 3.8) is 0 Å². The molecule has 0 aromatic heterocycles. The number of nitrogens with one attached hydrogen (secondary N) is 1. The lowest BCUT2D eigenvalue weighted by molar-refractivity contribution is 0.127. The summed E-state index contributed by atoms with van der Waals surface area (Å²) in [5, 5.41) is 3.63. The standard InChI is InChI=1S/C21H34N4O/c1-3-24-14-8-7-9-18(24)17-23-21(22-2)25-15-12-20(13-16-25)26-19-10-5-4-6-11-19/h4-6,10-11,18,20H,3,7-9,12-17H2,1-2H3,(H,22,23). The van der Waals surface area contributed by atoms with Crippen LogP contribution < -0.4 is 10.1 Å². The molecule has 0 spiro atoms. The van der Waals surface area contributed by atoms with E-state index in [0.717, 1.165) is 50.7 Å².